The lowest BCUT2D eigenvalue weighted by Crippen LogP contribution is -2.07. The van der Waals surface area contributed by atoms with Crippen LogP contribution in [0, 0.1) is 6.92 Å². The molecule has 0 saturated carbocycles. The average Bonchev–Trinajstić information content (AvgIpc) is 1.99. The number of aryl methyl sites for hydroxylation is 1. The Kier molecular flexibility index (Phi) is 3.28. The Bertz CT molecular complexity index is 522. The molecule has 0 amide bonds. The topological polar surface area (TPSA) is 71.4 Å². The minimum atomic E-state index is -4.09. The molecule has 0 fully saturated rings. The summed E-state index contributed by atoms with van der Waals surface area (Å²) in [6, 6.07) is 2.38. The first kappa shape index (κ1) is 12.3. The zero-order valence-electron chi connectivity index (χ0n) is 7.49. The second kappa shape index (κ2) is 4.00. The molecule has 82 valence electrons. The van der Waals surface area contributed by atoms with Gasteiger partial charge in [-0.1, -0.05) is 11.6 Å². The number of benzene rings is 1. The summed E-state index contributed by atoms with van der Waals surface area (Å²) in [5.41, 5.74) is -0.218. The Hall–Kier alpha value is -0.780. The number of aromatic carboxylic acids is 1. The van der Waals surface area contributed by atoms with E-state index in [1.54, 1.807) is 0 Å². The van der Waals surface area contributed by atoms with Crippen LogP contribution in [0.25, 0.3) is 0 Å². The van der Waals surface area contributed by atoms with Gasteiger partial charge in [-0.05, 0) is 24.6 Å². The van der Waals surface area contributed by atoms with Crippen LogP contribution in [0.3, 0.4) is 0 Å². The van der Waals surface area contributed by atoms with Crippen molar-refractivity contribution < 1.29 is 18.3 Å². The first-order valence-corrected chi connectivity index (χ1v) is 6.40. The van der Waals surface area contributed by atoms with Gasteiger partial charge in [0, 0.05) is 15.7 Å². The number of hydrogen-bond acceptors (Lipinski definition) is 3. The van der Waals surface area contributed by atoms with Gasteiger partial charge in [-0.3, -0.25) is 0 Å². The molecule has 0 aromatic heterocycles. The Morgan fingerprint density at radius 2 is 1.93 bits per heavy atom. The van der Waals surface area contributed by atoms with Crippen LogP contribution in [0.2, 0.25) is 5.02 Å². The van der Waals surface area contributed by atoms with Crippen molar-refractivity contribution in [3.05, 3.63) is 28.3 Å². The molecule has 0 heterocycles. The minimum absolute atomic E-state index is 0.147. The number of halogens is 2. The second-order valence-corrected chi connectivity index (χ2v) is 5.78. The van der Waals surface area contributed by atoms with Crippen LogP contribution in [-0.2, 0) is 9.05 Å². The van der Waals surface area contributed by atoms with E-state index in [9.17, 15) is 13.2 Å². The Labute approximate surface area is 95.9 Å². The largest absolute Gasteiger partial charge is 0.478 e. The molecule has 0 saturated heterocycles. The predicted octanol–water partition coefficient (Wildman–Crippen LogP) is 2.27. The number of rotatable bonds is 2. The summed E-state index contributed by atoms with van der Waals surface area (Å²) in [7, 11) is 1.04. The number of carboxylic acid groups (broad SMARTS) is 1. The van der Waals surface area contributed by atoms with Crippen LogP contribution in [0.5, 0.6) is 0 Å². The van der Waals surface area contributed by atoms with E-state index >= 15 is 0 Å². The molecule has 0 aliphatic carbocycles. The molecule has 0 aliphatic heterocycles. The highest BCUT2D eigenvalue weighted by molar-refractivity contribution is 8.13. The zero-order chi connectivity index (χ0) is 11.8. The van der Waals surface area contributed by atoms with Crippen molar-refractivity contribution in [1.29, 1.82) is 0 Å². The van der Waals surface area contributed by atoms with Crippen LogP contribution in [0.1, 0.15) is 15.9 Å². The maximum Gasteiger partial charge on any atom is 0.337 e. The molecule has 1 N–H and O–H groups in total. The fraction of sp³-hybridized carbons (Fsp3) is 0.125. The van der Waals surface area contributed by atoms with Crippen LogP contribution in [0.4, 0.5) is 0 Å². The molecule has 0 bridgehead atoms. The molecule has 15 heavy (non-hydrogen) atoms. The summed E-state index contributed by atoms with van der Waals surface area (Å²) in [6.45, 7) is 1.42. The first-order valence-electron chi connectivity index (χ1n) is 3.71. The van der Waals surface area contributed by atoms with Gasteiger partial charge in [0.05, 0.1) is 10.5 Å². The minimum Gasteiger partial charge on any atom is -0.478 e. The molecule has 7 heteroatoms. The van der Waals surface area contributed by atoms with Crippen molar-refractivity contribution in [3.8, 4) is 0 Å². The van der Waals surface area contributed by atoms with Crippen LogP contribution >= 0.6 is 22.3 Å². The molecular weight excluding hydrogens is 263 g/mol. The predicted molar refractivity (Wildman–Crippen MR) is 56.2 cm³/mol. The lowest BCUT2D eigenvalue weighted by Gasteiger charge is -2.06. The molecule has 0 radical (unpaired) electrons. The number of carboxylic acids is 1. The van der Waals surface area contributed by atoms with Gasteiger partial charge in [0.1, 0.15) is 0 Å². The molecular formula is C8H6Cl2O4S. The quantitative estimate of drug-likeness (QED) is 0.836. The normalized spacial score (nSPS) is 11.4. The molecule has 1 aromatic rings. The highest BCUT2D eigenvalue weighted by Crippen LogP contribution is 2.27. The molecule has 4 nitrogen and oxygen atoms in total. The summed E-state index contributed by atoms with van der Waals surface area (Å²) in [5, 5.41) is 8.94. The Balaban J connectivity index is 3.70. The van der Waals surface area contributed by atoms with Crippen molar-refractivity contribution in [3.63, 3.8) is 0 Å². The fourth-order valence-electron chi connectivity index (χ4n) is 1.21. The van der Waals surface area contributed by atoms with Gasteiger partial charge in [-0.15, -0.1) is 0 Å². The van der Waals surface area contributed by atoms with Gasteiger partial charge >= 0.3 is 5.97 Å². The van der Waals surface area contributed by atoms with Crippen molar-refractivity contribution in [2.75, 3.05) is 0 Å². The maximum atomic E-state index is 11.1. The molecule has 0 unspecified atom stereocenters. The van der Waals surface area contributed by atoms with Crippen molar-refractivity contribution in [1.82, 2.24) is 0 Å². The van der Waals surface area contributed by atoms with Gasteiger partial charge in [-0.25, -0.2) is 13.2 Å². The zero-order valence-corrected chi connectivity index (χ0v) is 9.82. The average molecular weight is 269 g/mol. The van der Waals surface area contributed by atoms with Crippen molar-refractivity contribution >= 4 is 37.3 Å². The highest BCUT2D eigenvalue weighted by atomic mass is 35.7. The monoisotopic (exact) mass is 268 g/mol. The highest BCUT2D eigenvalue weighted by Gasteiger charge is 2.23. The van der Waals surface area contributed by atoms with E-state index in [2.05, 4.69) is 0 Å². The van der Waals surface area contributed by atoms with E-state index in [4.69, 9.17) is 27.4 Å². The lowest BCUT2D eigenvalue weighted by molar-refractivity contribution is 0.0692. The molecule has 1 aromatic carbocycles. The van der Waals surface area contributed by atoms with Crippen LogP contribution in [-0.4, -0.2) is 19.5 Å². The second-order valence-electron chi connectivity index (χ2n) is 2.84. The summed E-state index contributed by atoms with van der Waals surface area (Å²) >= 11 is 5.62. The standard InChI is InChI=1S/C8H6Cl2O4S/c1-4-2-5(9)3-6(8(11)12)7(4)15(10,13)14/h2-3H,1H3,(H,11,12). The summed E-state index contributed by atoms with van der Waals surface area (Å²) in [4.78, 5) is 10.4. The van der Waals surface area contributed by atoms with Gasteiger partial charge in [-0.2, -0.15) is 0 Å². The van der Waals surface area contributed by atoms with E-state index in [1.165, 1.54) is 13.0 Å². The third-order valence-electron chi connectivity index (χ3n) is 1.71. The third kappa shape index (κ3) is 2.62. The Morgan fingerprint density at radius 3 is 2.33 bits per heavy atom. The van der Waals surface area contributed by atoms with Crippen LogP contribution < -0.4 is 0 Å². The van der Waals surface area contributed by atoms with Crippen molar-refractivity contribution in [2.24, 2.45) is 0 Å². The van der Waals surface area contributed by atoms with Crippen LogP contribution in [0.15, 0.2) is 17.0 Å². The molecule has 0 spiro atoms. The molecule has 0 aliphatic rings. The molecule has 1 rings (SSSR count). The summed E-state index contributed by atoms with van der Waals surface area (Å²) < 4.78 is 22.3. The summed E-state index contributed by atoms with van der Waals surface area (Å²) in [5.74, 6) is -1.39. The lowest BCUT2D eigenvalue weighted by atomic mass is 10.1. The van der Waals surface area contributed by atoms with Gasteiger partial charge in [0.2, 0.25) is 0 Å². The molecule has 0 atom stereocenters. The van der Waals surface area contributed by atoms with Crippen molar-refractivity contribution in [2.45, 2.75) is 11.8 Å². The fourth-order valence-corrected chi connectivity index (χ4v) is 2.95. The van der Waals surface area contributed by atoms with Gasteiger partial charge in [0.15, 0.2) is 0 Å². The summed E-state index contributed by atoms with van der Waals surface area (Å²) in [6.07, 6.45) is 0. The van der Waals surface area contributed by atoms with Gasteiger partial charge in [0.25, 0.3) is 9.05 Å². The van der Waals surface area contributed by atoms with E-state index < -0.39 is 25.5 Å². The SMILES string of the molecule is Cc1cc(Cl)cc(C(=O)O)c1S(=O)(=O)Cl. The van der Waals surface area contributed by atoms with E-state index in [-0.39, 0.29) is 10.6 Å². The smallest absolute Gasteiger partial charge is 0.337 e. The first-order chi connectivity index (χ1) is 6.73. The maximum absolute atomic E-state index is 11.1. The number of carbonyl (C=O) groups is 1. The van der Waals surface area contributed by atoms with Gasteiger partial charge < -0.3 is 5.11 Å². The van der Waals surface area contributed by atoms with E-state index in [0.717, 1.165) is 6.07 Å². The third-order valence-corrected chi connectivity index (χ3v) is 3.42. The van der Waals surface area contributed by atoms with E-state index in [0.29, 0.717) is 0 Å². The Morgan fingerprint density at radius 1 is 1.40 bits per heavy atom. The van der Waals surface area contributed by atoms with E-state index in [1.807, 2.05) is 0 Å². The number of hydrogen-bond donors (Lipinski definition) is 1.